The van der Waals surface area contributed by atoms with Crippen LogP contribution in [0.1, 0.15) is 12.0 Å². The molecule has 3 nitrogen and oxygen atoms in total. The molecule has 0 amide bonds. The molecule has 104 valence electrons. The largest absolute Gasteiger partial charge is 0.460 e. The highest BCUT2D eigenvalue weighted by molar-refractivity contribution is 6.01. The Kier molecular flexibility index (Phi) is 3.00. The fraction of sp³-hybridized carbons (Fsp3) is 0.364. The number of rotatable bonds is 2. The second kappa shape index (κ2) is 4.16. The molecule has 1 N–H and O–H groups in total. The number of oxime groups is 1. The first-order valence-electron chi connectivity index (χ1n) is 5.15. The number of alkyl halides is 5. The highest BCUT2D eigenvalue weighted by Crippen LogP contribution is 2.47. The number of aliphatic hydroxyl groups is 1. The smallest absolute Gasteiger partial charge is 0.353 e. The third-order valence-corrected chi connectivity index (χ3v) is 2.67. The van der Waals surface area contributed by atoms with E-state index in [2.05, 4.69) is 9.99 Å². The molecule has 1 aliphatic heterocycles. The first-order chi connectivity index (χ1) is 8.67. The van der Waals surface area contributed by atoms with E-state index in [0.717, 1.165) is 0 Å². The Morgan fingerprint density at radius 3 is 2.21 bits per heavy atom. The van der Waals surface area contributed by atoms with Gasteiger partial charge in [0.25, 0.3) is 0 Å². The maximum Gasteiger partial charge on any atom is 0.460 e. The number of benzene rings is 1. The first kappa shape index (κ1) is 13.7. The van der Waals surface area contributed by atoms with Gasteiger partial charge in [-0.15, -0.1) is 0 Å². The van der Waals surface area contributed by atoms with Crippen LogP contribution >= 0.6 is 0 Å². The van der Waals surface area contributed by atoms with Crippen LogP contribution in [0.15, 0.2) is 35.5 Å². The van der Waals surface area contributed by atoms with E-state index in [1.807, 2.05) is 0 Å². The van der Waals surface area contributed by atoms with Crippen LogP contribution in [-0.2, 0) is 4.84 Å². The molecular weight excluding hydrogens is 273 g/mol. The lowest BCUT2D eigenvalue weighted by Gasteiger charge is -2.30. The van der Waals surface area contributed by atoms with Gasteiger partial charge in [0, 0.05) is 0 Å². The molecule has 0 bridgehead atoms. The molecule has 0 saturated heterocycles. The minimum absolute atomic E-state index is 0.174. The fourth-order valence-electron chi connectivity index (χ4n) is 1.60. The van der Waals surface area contributed by atoms with Crippen molar-refractivity contribution < 1.29 is 31.9 Å². The highest BCUT2D eigenvalue weighted by Gasteiger charge is 2.74. The number of halogens is 5. The lowest BCUT2D eigenvalue weighted by molar-refractivity contribution is -0.398. The Morgan fingerprint density at radius 1 is 1.11 bits per heavy atom. The molecule has 19 heavy (non-hydrogen) atoms. The van der Waals surface area contributed by atoms with Crippen LogP contribution in [0.25, 0.3) is 0 Å². The van der Waals surface area contributed by atoms with Crippen molar-refractivity contribution in [1.29, 1.82) is 0 Å². The normalized spacial score (nSPS) is 24.0. The third kappa shape index (κ3) is 2.16. The molecule has 0 aliphatic carbocycles. The van der Waals surface area contributed by atoms with Crippen molar-refractivity contribution in [3.05, 3.63) is 35.9 Å². The predicted molar refractivity (Wildman–Crippen MR) is 54.6 cm³/mol. The van der Waals surface area contributed by atoms with E-state index in [-0.39, 0.29) is 5.71 Å². The molecule has 1 atom stereocenters. The minimum Gasteiger partial charge on any atom is -0.353 e. The monoisotopic (exact) mass is 281 g/mol. The molecule has 8 heteroatoms. The summed E-state index contributed by atoms with van der Waals surface area (Å²) in [5, 5.41) is 12.5. The van der Waals surface area contributed by atoms with Crippen molar-refractivity contribution in [2.24, 2.45) is 5.16 Å². The Balaban J connectivity index is 2.25. The molecule has 1 heterocycles. The summed E-state index contributed by atoms with van der Waals surface area (Å²) >= 11 is 0. The standard InChI is InChI=1S/C11H8F5NO2/c12-10(13,11(14,15)16)9(18)6-8(17-19-9)7-4-2-1-3-5-7/h1-5,18H,6H2. The lowest BCUT2D eigenvalue weighted by atomic mass is 9.98. The van der Waals surface area contributed by atoms with Crippen molar-refractivity contribution >= 4 is 5.71 Å². The van der Waals surface area contributed by atoms with Gasteiger partial charge in [0.2, 0.25) is 0 Å². The van der Waals surface area contributed by atoms with Gasteiger partial charge in [0.15, 0.2) is 0 Å². The van der Waals surface area contributed by atoms with Gasteiger partial charge in [-0.2, -0.15) is 22.0 Å². The summed E-state index contributed by atoms with van der Waals surface area (Å²) in [6, 6.07) is 7.66. The van der Waals surface area contributed by atoms with Crippen LogP contribution in [0.4, 0.5) is 22.0 Å². The van der Waals surface area contributed by atoms with Gasteiger partial charge in [-0.3, -0.25) is 0 Å². The molecule has 0 saturated carbocycles. The number of hydrogen-bond donors (Lipinski definition) is 1. The molecule has 0 spiro atoms. The van der Waals surface area contributed by atoms with Crippen molar-refractivity contribution in [2.75, 3.05) is 0 Å². The SMILES string of the molecule is OC1(C(F)(F)C(F)(F)F)CC(c2ccccc2)=NO1. The molecule has 1 aromatic rings. The van der Waals surface area contributed by atoms with Gasteiger partial charge in [-0.1, -0.05) is 35.5 Å². The van der Waals surface area contributed by atoms with E-state index >= 15 is 0 Å². The molecule has 1 aromatic carbocycles. The van der Waals surface area contributed by atoms with Crippen LogP contribution in [0, 0.1) is 0 Å². The molecular formula is C11H8F5NO2. The average Bonchev–Trinajstić information content (AvgIpc) is 2.73. The van der Waals surface area contributed by atoms with Crippen molar-refractivity contribution in [3.63, 3.8) is 0 Å². The van der Waals surface area contributed by atoms with Crippen LogP contribution in [0.5, 0.6) is 0 Å². The van der Waals surface area contributed by atoms with Gasteiger partial charge >= 0.3 is 17.9 Å². The van der Waals surface area contributed by atoms with Crippen LogP contribution in [-0.4, -0.2) is 28.7 Å². The quantitative estimate of drug-likeness (QED) is 0.847. The van der Waals surface area contributed by atoms with Crippen molar-refractivity contribution in [1.82, 2.24) is 0 Å². The summed E-state index contributed by atoms with van der Waals surface area (Å²) in [5.41, 5.74) is 0.128. The average molecular weight is 281 g/mol. The molecule has 0 fully saturated rings. The lowest BCUT2D eigenvalue weighted by Crippen LogP contribution is -2.57. The van der Waals surface area contributed by atoms with Crippen LogP contribution < -0.4 is 0 Å². The zero-order chi connectivity index (χ0) is 14.3. The second-order valence-electron chi connectivity index (χ2n) is 4.03. The molecule has 1 unspecified atom stereocenters. The van der Waals surface area contributed by atoms with E-state index in [4.69, 9.17) is 0 Å². The summed E-state index contributed by atoms with van der Waals surface area (Å²) in [6.45, 7) is 0. The van der Waals surface area contributed by atoms with Gasteiger partial charge in [-0.25, -0.2) is 0 Å². The zero-order valence-corrected chi connectivity index (χ0v) is 9.29. The third-order valence-electron chi connectivity index (χ3n) is 2.67. The Morgan fingerprint density at radius 2 is 1.68 bits per heavy atom. The van der Waals surface area contributed by atoms with Crippen LogP contribution in [0.2, 0.25) is 0 Å². The Bertz CT molecular complexity index is 500. The molecule has 0 aromatic heterocycles. The van der Waals surface area contributed by atoms with Crippen LogP contribution in [0.3, 0.4) is 0 Å². The summed E-state index contributed by atoms with van der Waals surface area (Å²) < 4.78 is 62.9. The minimum atomic E-state index is -5.93. The van der Waals surface area contributed by atoms with Gasteiger partial charge < -0.3 is 9.94 Å². The second-order valence-corrected chi connectivity index (χ2v) is 4.03. The van der Waals surface area contributed by atoms with E-state index in [9.17, 15) is 27.1 Å². The van der Waals surface area contributed by atoms with Crippen molar-refractivity contribution in [2.45, 2.75) is 24.3 Å². The molecule has 0 radical (unpaired) electrons. The van der Waals surface area contributed by atoms with E-state index < -0.39 is 24.3 Å². The Labute approximate surface area is 104 Å². The number of nitrogens with zero attached hydrogens (tertiary/aromatic N) is 1. The van der Waals surface area contributed by atoms with E-state index in [0.29, 0.717) is 5.56 Å². The maximum absolute atomic E-state index is 13.1. The summed E-state index contributed by atoms with van der Waals surface area (Å²) in [5.74, 6) is -9.13. The summed E-state index contributed by atoms with van der Waals surface area (Å²) in [6.07, 6.45) is -6.98. The van der Waals surface area contributed by atoms with E-state index in [1.165, 1.54) is 12.1 Å². The topological polar surface area (TPSA) is 41.8 Å². The van der Waals surface area contributed by atoms with Crippen molar-refractivity contribution in [3.8, 4) is 0 Å². The van der Waals surface area contributed by atoms with Gasteiger partial charge in [0.1, 0.15) is 0 Å². The number of hydrogen-bond acceptors (Lipinski definition) is 3. The fourth-order valence-corrected chi connectivity index (χ4v) is 1.60. The zero-order valence-electron chi connectivity index (χ0n) is 9.29. The predicted octanol–water partition coefficient (Wildman–Crippen LogP) is 2.70. The maximum atomic E-state index is 13.1. The summed E-state index contributed by atoms with van der Waals surface area (Å²) in [4.78, 5) is 3.97. The summed E-state index contributed by atoms with van der Waals surface area (Å²) in [7, 11) is 0. The molecule has 1 aliphatic rings. The highest BCUT2D eigenvalue weighted by atomic mass is 19.4. The first-order valence-corrected chi connectivity index (χ1v) is 5.15. The van der Waals surface area contributed by atoms with Gasteiger partial charge in [-0.05, 0) is 5.56 Å². The van der Waals surface area contributed by atoms with Gasteiger partial charge in [0.05, 0.1) is 12.1 Å². The van der Waals surface area contributed by atoms with E-state index in [1.54, 1.807) is 18.2 Å². The molecule has 2 rings (SSSR count). The Hall–Kier alpha value is -1.70.